The van der Waals surface area contributed by atoms with Crippen molar-refractivity contribution in [1.82, 2.24) is 9.80 Å². The number of rotatable bonds is 6. The Morgan fingerprint density at radius 3 is 1.15 bits per heavy atom. The van der Waals surface area contributed by atoms with Gasteiger partial charge in [-0.2, -0.15) is 0 Å². The van der Waals surface area contributed by atoms with E-state index >= 15 is 0 Å². The van der Waals surface area contributed by atoms with Gasteiger partial charge in [0.25, 0.3) is 23.6 Å². The highest BCUT2D eigenvalue weighted by Crippen LogP contribution is 2.26. The molecule has 2 heterocycles. The summed E-state index contributed by atoms with van der Waals surface area (Å²) in [7, 11) is 0. The van der Waals surface area contributed by atoms with E-state index in [4.69, 9.17) is 0 Å². The van der Waals surface area contributed by atoms with Gasteiger partial charge in [-0.3, -0.25) is 29.0 Å². The van der Waals surface area contributed by atoms with Gasteiger partial charge in [-0.05, 0) is 73.2 Å². The van der Waals surface area contributed by atoms with Gasteiger partial charge in [-0.15, -0.1) is 0 Å². The zero-order valence-electron chi connectivity index (χ0n) is 19.1. The molecule has 0 saturated heterocycles. The Morgan fingerprint density at radius 1 is 0.471 bits per heavy atom. The third-order valence-corrected chi connectivity index (χ3v) is 6.54. The number of hydrogen-bond donors (Lipinski definition) is 0. The zero-order chi connectivity index (χ0) is 24.0. The second-order valence-electron chi connectivity index (χ2n) is 8.64. The molecular weight excluding hydrogens is 428 g/mol. The van der Waals surface area contributed by atoms with Gasteiger partial charge in [0.05, 0.1) is 22.3 Å². The van der Waals surface area contributed by atoms with Crippen LogP contribution in [0.15, 0.2) is 60.7 Å². The molecule has 0 atom stereocenters. The van der Waals surface area contributed by atoms with Crippen molar-refractivity contribution >= 4 is 23.6 Å². The van der Waals surface area contributed by atoms with Crippen LogP contribution in [0.4, 0.5) is 0 Å². The fourth-order valence-electron chi connectivity index (χ4n) is 4.72. The molecule has 3 aromatic rings. The molecule has 0 spiro atoms. The number of imide groups is 2. The summed E-state index contributed by atoms with van der Waals surface area (Å²) in [6.07, 6.45) is 1.31. The average molecular weight is 453 g/mol. The molecule has 2 aliphatic heterocycles. The van der Waals surface area contributed by atoms with Gasteiger partial charge < -0.3 is 0 Å². The van der Waals surface area contributed by atoms with E-state index in [0.717, 1.165) is 22.3 Å². The maximum atomic E-state index is 12.5. The minimum absolute atomic E-state index is 0.224. The van der Waals surface area contributed by atoms with Crippen LogP contribution in [0, 0.1) is 0 Å². The smallest absolute Gasteiger partial charge is 0.261 e. The van der Waals surface area contributed by atoms with Gasteiger partial charge in [0.2, 0.25) is 0 Å². The summed E-state index contributed by atoms with van der Waals surface area (Å²) < 4.78 is 0. The van der Waals surface area contributed by atoms with Gasteiger partial charge in [-0.1, -0.05) is 36.4 Å². The first-order chi connectivity index (χ1) is 16.4. The molecule has 0 saturated carbocycles. The number of hydrogen-bond acceptors (Lipinski definition) is 4. The normalized spacial score (nSPS) is 14.8. The molecule has 6 nitrogen and oxygen atoms in total. The van der Waals surface area contributed by atoms with Crippen LogP contribution in [0.2, 0.25) is 0 Å². The highest BCUT2D eigenvalue weighted by molar-refractivity contribution is 6.22. The molecule has 0 aliphatic carbocycles. The first kappa shape index (κ1) is 21.8. The molecule has 34 heavy (non-hydrogen) atoms. The SMILES string of the molecule is CCN1C(=O)c2ccc(Cc3ccc(Cc4ccc5c(c4)C(=O)N(CC)C5=O)cc3)cc2C1=O. The molecule has 5 rings (SSSR count). The van der Waals surface area contributed by atoms with E-state index in [-0.39, 0.29) is 23.6 Å². The van der Waals surface area contributed by atoms with Gasteiger partial charge in [0, 0.05) is 13.1 Å². The average Bonchev–Trinajstić information content (AvgIpc) is 3.23. The third-order valence-electron chi connectivity index (χ3n) is 6.54. The van der Waals surface area contributed by atoms with Crippen LogP contribution in [0.25, 0.3) is 0 Å². The predicted octanol–water partition coefficient (Wildman–Crippen LogP) is 4.10. The first-order valence-electron chi connectivity index (χ1n) is 11.5. The number of nitrogens with zero attached hydrogens (tertiary/aromatic N) is 2. The van der Waals surface area contributed by atoms with Crippen LogP contribution >= 0.6 is 0 Å². The molecule has 170 valence electrons. The topological polar surface area (TPSA) is 74.8 Å². The van der Waals surface area contributed by atoms with Crippen LogP contribution < -0.4 is 0 Å². The standard InChI is InChI=1S/C28H24N2O4/c1-3-29-25(31)21-11-9-19(15-23(21)27(29)33)13-17-5-7-18(8-6-17)14-20-10-12-22-24(16-20)28(34)30(4-2)26(22)32/h5-12,15-16H,3-4,13-14H2,1-2H3. The highest BCUT2D eigenvalue weighted by Gasteiger charge is 2.35. The number of amides is 4. The lowest BCUT2D eigenvalue weighted by Crippen LogP contribution is -2.29. The van der Waals surface area contributed by atoms with Crippen LogP contribution in [-0.2, 0) is 12.8 Å². The highest BCUT2D eigenvalue weighted by atomic mass is 16.2. The number of benzene rings is 3. The molecule has 2 aliphatic rings. The van der Waals surface area contributed by atoms with Crippen molar-refractivity contribution in [3.8, 4) is 0 Å². The van der Waals surface area contributed by atoms with E-state index in [0.29, 0.717) is 48.2 Å². The van der Waals surface area contributed by atoms with E-state index in [1.54, 1.807) is 26.0 Å². The number of fused-ring (bicyclic) bond motifs is 2. The minimum Gasteiger partial charge on any atom is -0.275 e. The van der Waals surface area contributed by atoms with Crippen molar-refractivity contribution in [1.29, 1.82) is 0 Å². The maximum Gasteiger partial charge on any atom is 0.261 e. The fourth-order valence-corrected chi connectivity index (χ4v) is 4.72. The fraction of sp³-hybridized carbons (Fsp3) is 0.214. The van der Waals surface area contributed by atoms with Crippen LogP contribution in [0.1, 0.15) is 77.5 Å². The van der Waals surface area contributed by atoms with Crippen LogP contribution in [-0.4, -0.2) is 46.5 Å². The van der Waals surface area contributed by atoms with E-state index in [9.17, 15) is 19.2 Å². The molecule has 3 aromatic carbocycles. The van der Waals surface area contributed by atoms with Crippen molar-refractivity contribution in [3.63, 3.8) is 0 Å². The zero-order valence-corrected chi connectivity index (χ0v) is 19.1. The summed E-state index contributed by atoms with van der Waals surface area (Å²) in [5.74, 6) is -0.899. The predicted molar refractivity (Wildman–Crippen MR) is 127 cm³/mol. The maximum absolute atomic E-state index is 12.5. The Morgan fingerprint density at radius 2 is 0.794 bits per heavy atom. The number of carbonyl (C=O) groups excluding carboxylic acids is 4. The van der Waals surface area contributed by atoms with Gasteiger partial charge in [0.1, 0.15) is 0 Å². The Bertz CT molecular complexity index is 1250. The van der Waals surface area contributed by atoms with Crippen molar-refractivity contribution in [2.24, 2.45) is 0 Å². The van der Waals surface area contributed by atoms with Crippen LogP contribution in [0.5, 0.6) is 0 Å². The summed E-state index contributed by atoms with van der Waals surface area (Å²) in [5.41, 5.74) is 6.06. The molecule has 4 amide bonds. The summed E-state index contributed by atoms with van der Waals surface area (Å²) in [6, 6.07) is 19.1. The third kappa shape index (κ3) is 3.52. The molecule has 0 radical (unpaired) electrons. The molecule has 0 N–H and O–H groups in total. The second kappa shape index (κ2) is 8.37. The van der Waals surface area contributed by atoms with Crippen LogP contribution in [0.3, 0.4) is 0 Å². The lowest BCUT2D eigenvalue weighted by atomic mass is 9.97. The monoisotopic (exact) mass is 452 g/mol. The minimum atomic E-state index is -0.226. The van der Waals surface area contributed by atoms with Gasteiger partial charge in [-0.25, -0.2) is 0 Å². The van der Waals surface area contributed by atoms with Crippen molar-refractivity contribution in [2.45, 2.75) is 26.7 Å². The number of carbonyl (C=O) groups is 4. The summed E-state index contributed by atoms with van der Waals surface area (Å²) >= 11 is 0. The molecule has 0 unspecified atom stereocenters. The Kier molecular flexibility index (Phi) is 5.36. The summed E-state index contributed by atoms with van der Waals surface area (Å²) in [6.45, 7) is 4.33. The molecule has 0 bridgehead atoms. The lowest BCUT2D eigenvalue weighted by molar-refractivity contribution is 0.0647. The first-order valence-corrected chi connectivity index (χ1v) is 11.5. The Hall–Kier alpha value is -4.06. The van der Waals surface area contributed by atoms with E-state index in [1.807, 2.05) is 24.3 Å². The van der Waals surface area contributed by atoms with Crippen molar-refractivity contribution in [2.75, 3.05) is 13.1 Å². The quantitative estimate of drug-likeness (QED) is 0.528. The van der Waals surface area contributed by atoms with Crippen molar-refractivity contribution in [3.05, 3.63) is 105 Å². The summed E-state index contributed by atoms with van der Waals surface area (Å²) in [4.78, 5) is 52.1. The van der Waals surface area contributed by atoms with E-state index in [2.05, 4.69) is 24.3 Å². The molecule has 0 fully saturated rings. The molecule has 6 heteroatoms. The lowest BCUT2D eigenvalue weighted by Gasteiger charge is -2.09. The van der Waals surface area contributed by atoms with Gasteiger partial charge >= 0.3 is 0 Å². The van der Waals surface area contributed by atoms with Crippen molar-refractivity contribution < 1.29 is 19.2 Å². The van der Waals surface area contributed by atoms with E-state index < -0.39 is 0 Å². The molecular formula is C28H24N2O4. The van der Waals surface area contributed by atoms with Gasteiger partial charge in [0.15, 0.2) is 0 Å². The Balaban J connectivity index is 1.30. The summed E-state index contributed by atoms with van der Waals surface area (Å²) in [5, 5.41) is 0. The largest absolute Gasteiger partial charge is 0.275 e. The van der Waals surface area contributed by atoms with E-state index in [1.165, 1.54) is 9.80 Å². The Labute approximate surface area is 197 Å². The molecule has 0 aromatic heterocycles. The second-order valence-corrected chi connectivity index (χ2v) is 8.64.